The van der Waals surface area contributed by atoms with Crippen LogP contribution in [0.3, 0.4) is 0 Å². The molecule has 146 valence electrons. The van der Waals surface area contributed by atoms with Crippen LogP contribution >= 0.6 is 0 Å². The topological polar surface area (TPSA) is 37.0 Å². The molecule has 5 nitrogen and oxygen atoms in total. The van der Waals surface area contributed by atoms with E-state index in [-0.39, 0.29) is 6.04 Å². The molecule has 0 aromatic heterocycles. The first-order chi connectivity index (χ1) is 13.1. The third-order valence-electron chi connectivity index (χ3n) is 5.05. The molecular formula is C22H31N3O2. The summed E-state index contributed by atoms with van der Waals surface area (Å²) in [4.78, 5) is 4.67. The molecule has 1 fully saturated rings. The molecule has 1 aliphatic heterocycles. The first-order valence-electron chi connectivity index (χ1n) is 9.66. The molecule has 0 bridgehead atoms. The normalized spacial score (nSPS) is 16.0. The number of benzene rings is 2. The summed E-state index contributed by atoms with van der Waals surface area (Å²) in [6, 6.07) is 15.4. The van der Waals surface area contributed by atoms with Gasteiger partial charge in [0.2, 0.25) is 0 Å². The standard InChI is InChI=1S/C22H31N3O2/c1-5-27-20-11-8-18(16-21(20)26-4)22(25-14-12-23-13-15-25)17-6-9-19(10-7-17)24(2)3/h6-11,16,22-23H,5,12-15H2,1-4H3. The summed E-state index contributed by atoms with van der Waals surface area (Å²) in [5, 5.41) is 3.45. The van der Waals surface area contributed by atoms with Crippen LogP contribution < -0.4 is 19.7 Å². The highest BCUT2D eigenvalue weighted by Crippen LogP contribution is 2.36. The van der Waals surface area contributed by atoms with Crippen molar-refractivity contribution in [3.63, 3.8) is 0 Å². The summed E-state index contributed by atoms with van der Waals surface area (Å²) in [6.45, 7) is 6.69. The van der Waals surface area contributed by atoms with Gasteiger partial charge in [-0.2, -0.15) is 0 Å². The van der Waals surface area contributed by atoms with Gasteiger partial charge in [-0.15, -0.1) is 0 Å². The number of ether oxygens (including phenoxy) is 2. The number of nitrogens with zero attached hydrogens (tertiary/aromatic N) is 2. The van der Waals surface area contributed by atoms with Crippen LogP contribution in [0.15, 0.2) is 42.5 Å². The van der Waals surface area contributed by atoms with E-state index in [1.807, 2.05) is 13.0 Å². The van der Waals surface area contributed by atoms with Crippen LogP contribution in [0.1, 0.15) is 24.1 Å². The zero-order chi connectivity index (χ0) is 19.2. The quantitative estimate of drug-likeness (QED) is 0.811. The Bertz CT molecular complexity index is 725. The predicted molar refractivity (Wildman–Crippen MR) is 111 cm³/mol. The molecule has 0 aliphatic carbocycles. The van der Waals surface area contributed by atoms with Crippen molar-refractivity contribution < 1.29 is 9.47 Å². The van der Waals surface area contributed by atoms with Crippen molar-refractivity contribution in [2.75, 3.05) is 58.9 Å². The lowest BCUT2D eigenvalue weighted by atomic mass is 9.95. The van der Waals surface area contributed by atoms with E-state index in [1.165, 1.54) is 16.8 Å². The fourth-order valence-corrected chi connectivity index (χ4v) is 3.64. The molecule has 1 N–H and O–H groups in total. The van der Waals surface area contributed by atoms with Gasteiger partial charge in [0.25, 0.3) is 0 Å². The zero-order valence-corrected chi connectivity index (χ0v) is 16.9. The van der Waals surface area contributed by atoms with E-state index in [0.717, 1.165) is 37.7 Å². The van der Waals surface area contributed by atoms with E-state index in [1.54, 1.807) is 7.11 Å². The number of anilines is 1. The number of rotatable bonds is 7. The van der Waals surface area contributed by atoms with E-state index >= 15 is 0 Å². The molecule has 1 saturated heterocycles. The van der Waals surface area contributed by atoms with E-state index in [0.29, 0.717) is 6.61 Å². The number of nitrogens with one attached hydrogen (secondary N) is 1. The number of hydrogen-bond donors (Lipinski definition) is 1. The van der Waals surface area contributed by atoms with Crippen LogP contribution in [-0.2, 0) is 0 Å². The average Bonchev–Trinajstić information content (AvgIpc) is 2.70. The Balaban J connectivity index is 1.99. The molecule has 5 heteroatoms. The SMILES string of the molecule is CCOc1ccc(C(c2ccc(N(C)C)cc2)N2CCNCC2)cc1OC. The Kier molecular flexibility index (Phi) is 6.58. The van der Waals surface area contributed by atoms with Gasteiger partial charge < -0.3 is 19.7 Å². The maximum Gasteiger partial charge on any atom is 0.161 e. The van der Waals surface area contributed by atoms with Crippen molar-refractivity contribution in [3.05, 3.63) is 53.6 Å². The lowest BCUT2D eigenvalue weighted by molar-refractivity contribution is 0.198. The smallest absolute Gasteiger partial charge is 0.161 e. The third kappa shape index (κ3) is 4.54. The highest BCUT2D eigenvalue weighted by Gasteiger charge is 2.25. The van der Waals surface area contributed by atoms with E-state index in [9.17, 15) is 0 Å². The first kappa shape index (κ1) is 19.5. The molecule has 27 heavy (non-hydrogen) atoms. The summed E-state index contributed by atoms with van der Waals surface area (Å²) in [6.07, 6.45) is 0. The van der Waals surface area contributed by atoms with Gasteiger partial charge in [0.1, 0.15) is 0 Å². The molecule has 1 unspecified atom stereocenters. The summed E-state index contributed by atoms with van der Waals surface area (Å²) < 4.78 is 11.3. The van der Waals surface area contributed by atoms with Crippen LogP contribution in [0, 0.1) is 0 Å². The maximum atomic E-state index is 5.70. The second-order valence-corrected chi connectivity index (χ2v) is 7.02. The van der Waals surface area contributed by atoms with Crippen LogP contribution in [0.4, 0.5) is 5.69 Å². The molecule has 0 radical (unpaired) electrons. The molecule has 0 spiro atoms. The predicted octanol–water partition coefficient (Wildman–Crippen LogP) is 3.15. The molecule has 1 heterocycles. The largest absolute Gasteiger partial charge is 0.493 e. The lowest BCUT2D eigenvalue weighted by Crippen LogP contribution is -2.45. The van der Waals surface area contributed by atoms with Gasteiger partial charge in [0, 0.05) is 46.0 Å². The van der Waals surface area contributed by atoms with Gasteiger partial charge in [-0.1, -0.05) is 18.2 Å². The van der Waals surface area contributed by atoms with Crippen LogP contribution in [-0.4, -0.2) is 58.9 Å². The minimum atomic E-state index is 0.202. The molecular weight excluding hydrogens is 338 g/mol. The Labute approximate surface area is 162 Å². The fourth-order valence-electron chi connectivity index (χ4n) is 3.64. The van der Waals surface area contributed by atoms with Crippen molar-refractivity contribution in [2.45, 2.75) is 13.0 Å². The second-order valence-electron chi connectivity index (χ2n) is 7.02. The first-order valence-corrected chi connectivity index (χ1v) is 9.66. The van der Waals surface area contributed by atoms with Gasteiger partial charge in [-0.3, -0.25) is 4.90 Å². The minimum absolute atomic E-state index is 0.202. The van der Waals surface area contributed by atoms with Gasteiger partial charge in [-0.05, 0) is 42.3 Å². The lowest BCUT2D eigenvalue weighted by Gasteiger charge is -2.36. The Morgan fingerprint density at radius 1 is 1.00 bits per heavy atom. The molecule has 1 aliphatic rings. The molecule has 1 atom stereocenters. The molecule has 0 saturated carbocycles. The Hall–Kier alpha value is -2.24. The van der Waals surface area contributed by atoms with E-state index in [2.05, 4.69) is 65.6 Å². The van der Waals surface area contributed by atoms with E-state index in [4.69, 9.17) is 9.47 Å². The van der Waals surface area contributed by atoms with Crippen molar-refractivity contribution in [3.8, 4) is 11.5 Å². The van der Waals surface area contributed by atoms with Crippen molar-refractivity contribution in [1.29, 1.82) is 0 Å². The maximum absolute atomic E-state index is 5.70. The molecule has 2 aromatic rings. The third-order valence-corrected chi connectivity index (χ3v) is 5.05. The van der Waals surface area contributed by atoms with Crippen molar-refractivity contribution in [2.24, 2.45) is 0 Å². The van der Waals surface area contributed by atoms with E-state index < -0.39 is 0 Å². The highest BCUT2D eigenvalue weighted by atomic mass is 16.5. The van der Waals surface area contributed by atoms with Crippen molar-refractivity contribution >= 4 is 5.69 Å². The number of methoxy groups -OCH3 is 1. The average molecular weight is 370 g/mol. The summed E-state index contributed by atoms with van der Waals surface area (Å²) in [7, 11) is 5.84. The monoisotopic (exact) mass is 369 g/mol. The van der Waals surface area contributed by atoms with Gasteiger partial charge in [-0.25, -0.2) is 0 Å². The molecule has 0 amide bonds. The Morgan fingerprint density at radius 3 is 2.26 bits per heavy atom. The van der Waals surface area contributed by atoms with Crippen LogP contribution in [0.25, 0.3) is 0 Å². The summed E-state index contributed by atoms with van der Waals surface area (Å²) >= 11 is 0. The van der Waals surface area contributed by atoms with Gasteiger partial charge in [0.05, 0.1) is 19.8 Å². The highest BCUT2D eigenvalue weighted by molar-refractivity contribution is 5.50. The van der Waals surface area contributed by atoms with Gasteiger partial charge in [0.15, 0.2) is 11.5 Å². The Morgan fingerprint density at radius 2 is 1.67 bits per heavy atom. The van der Waals surface area contributed by atoms with Crippen LogP contribution in [0.5, 0.6) is 11.5 Å². The van der Waals surface area contributed by atoms with Crippen LogP contribution in [0.2, 0.25) is 0 Å². The molecule has 3 rings (SSSR count). The summed E-state index contributed by atoms with van der Waals surface area (Å²) in [5.74, 6) is 1.59. The van der Waals surface area contributed by atoms with Gasteiger partial charge >= 0.3 is 0 Å². The number of hydrogen-bond acceptors (Lipinski definition) is 5. The fraction of sp³-hybridized carbons (Fsp3) is 0.455. The number of piperazine rings is 1. The second kappa shape index (κ2) is 9.11. The summed E-state index contributed by atoms with van der Waals surface area (Å²) in [5.41, 5.74) is 3.74. The zero-order valence-electron chi connectivity index (χ0n) is 16.9. The van der Waals surface area contributed by atoms with Crippen molar-refractivity contribution in [1.82, 2.24) is 10.2 Å². The molecule has 2 aromatic carbocycles. The minimum Gasteiger partial charge on any atom is -0.493 e.